The van der Waals surface area contributed by atoms with Crippen LogP contribution in [-0.2, 0) is 40.7 Å². The van der Waals surface area contributed by atoms with Gasteiger partial charge in [0.2, 0.25) is 15.9 Å². The van der Waals surface area contributed by atoms with E-state index in [1.54, 1.807) is 6.07 Å². The van der Waals surface area contributed by atoms with Gasteiger partial charge in [0, 0.05) is 30.1 Å². The Morgan fingerprint density at radius 3 is 2.62 bits per heavy atom. The van der Waals surface area contributed by atoms with Gasteiger partial charge in [-0.05, 0) is 35.7 Å². The van der Waals surface area contributed by atoms with Gasteiger partial charge < -0.3 is 5.32 Å². The van der Waals surface area contributed by atoms with Gasteiger partial charge in [-0.1, -0.05) is 24.3 Å². The van der Waals surface area contributed by atoms with Crippen LogP contribution in [0.25, 0.3) is 0 Å². The average Bonchev–Trinajstić information content (AvgIpc) is 3.12. The van der Waals surface area contributed by atoms with Crippen molar-refractivity contribution in [1.82, 2.24) is 4.90 Å². The third-order valence-corrected chi connectivity index (χ3v) is 7.60. The molecule has 1 amide bonds. The number of fused-ring (bicyclic) bond motifs is 1. The molecule has 3 N–H and O–H groups in total. The molecule has 34 heavy (non-hydrogen) atoms. The highest BCUT2D eigenvalue weighted by Gasteiger charge is 2.26. The number of rotatable bonds is 6. The fourth-order valence-electron chi connectivity index (χ4n) is 3.86. The summed E-state index contributed by atoms with van der Waals surface area (Å²) in [6.07, 6.45) is 0.542. The van der Waals surface area contributed by atoms with Crippen molar-refractivity contribution in [1.29, 1.82) is 5.26 Å². The molecule has 176 valence electrons. The first-order valence-corrected chi connectivity index (χ1v) is 12.6. The van der Waals surface area contributed by atoms with Gasteiger partial charge in [-0.3, -0.25) is 9.69 Å². The van der Waals surface area contributed by atoms with Gasteiger partial charge in [-0.15, -0.1) is 11.3 Å². The van der Waals surface area contributed by atoms with E-state index in [1.807, 2.05) is 4.90 Å². The SMILES string of the molecule is N#Cc1c(NC(=O)Cc2ccc(S(N)(=O)=O)cc2)sc2c1CCN(Cc1cccc(F)c1F)C2. The van der Waals surface area contributed by atoms with Crippen molar-refractivity contribution in [3.8, 4) is 6.07 Å². The molecule has 0 atom stereocenters. The lowest BCUT2D eigenvalue weighted by molar-refractivity contribution is -0.115. The Labute approximate surface area is 199 Å². The summed E-state index contributed by atoms with van der Waals surface area (Å²) in [5.74, 6) is -2.10. The molecule has 7 nitrogen and oxygen atoms in total. The molecule has 2 heterocycles. The predicted molar refractivity (Wildman–Crippen MR) is 123 cm³/mol. The molecule has 1 aliphatic rings. The van der Waals surface area contributed by atoms with Crippen LogP contribution in [0.1, 0.15) is 27.1 Å². The zero-order valence-corrected chi connectivity index (χ0v) is 19.5. The molecule has 0 saturated heterocycles. The van der Waals surface area contributed by atoms with E-state index in [1.165, 1.54) is 41.7 Å². The lowest BCUT2D eigenvalue weighted by atomic mass is 10.0. The summed E-state index contributed by atoms with van der Waals surface area (Å²) in [5.41, 5.74) is 2.13. The van der Waals surface area contributed by atoms with Crippen molar-refractivity contribution in [2.24, 2.45) is 5.14 Å². The number of carbonyl (C=O) groups is 1. The summed E-state index contributed by atoms with van der Waals surface area (Å²) >= 11 is 1.29. The van der Waals surface area contributed by atoms with Crippen LogP contribution in [0.5, 0.6) is 0 Å². The molecule has 0 radical (unpaired) electrons. The van der Waals surface area contributed by atoms with Crippen molar-refractivity contribution in [3.05, 3.63) is 81.2 Å². The average molecular weight is 503 g/mol. The van der Waals surface area contributed by atoms with Crippen LogP contribution in [0.15, 0.2) is 47.4 Å². The van der Waals surface area contributed by atoms with Crippen LogP contribution in [-0.4, -0.2) is 25.8 Å². The number of benzene rings is 2. The van der Waals surface area contributed by atoms with Gasteiger partial charge in [-0.2, -0.15) is 5.26 Å². The van der Waals surface area contributed by atoms with Crippen LogP contribution in [0, 0.1) is 23.0 Å². The number of halogens is 2. The number of anilines is 1. The number of nitrogens with two attached hydrogens (primary N) is 1. The first-order valence-electron chi connectivity index (χ1n) is 10.3. The van der Waals surface area contributed by atoms with E-state index in [4.69, 9.17) is 5.14 Å². The molecular formula is C23H20F2N4O3S2. The van der Waals surface area contributed by atoms with Gasteiger partial charge in [0.15, 0.2) is 11.6 Å². The molecule has 0 spiro atoms. The Morgan fingerprint density at radius 2 is 1.94 bits per heavy atom. The maximum Gasteiger partial charge on any atom is 0.238 e. The standard InChI is InChI=1S/C23H20F2N4O3S2/c24-19-3-1-2-15(22(19)25)12-29-9-8-17-18(11-26)23(33-20(17)13-29)28-21(30)10-14-4-6-16(7-5-14)34(27,31)32/h1-7H,8-10,12-13H2,(H,28,30)(H2,27,31,32). The monoisotopic (exact) mass is 502 g/mol. The van der Waals surface area contributed by atoms with E-state index >= 15 is 0 Å². The van der Waals surface area contributed by atoms with Crippen LogP contribution in [0.4, 0.5) is 13.8 Å². The first kappa shape index (κ1) is 24.0. The Morgan fingerprint density at radius 1 is 1.21 bits per heavy atom. The van der Waals surface area contributed by atoms with Crippen LogP contribution < -0.4 is 10.5 Å². The first-order chi connectivity index (χ1) is 16.2. The molecule has 3 aromatic rings. The van der Waals surface area contributed by atoms with Crippen molar-refractivity contribution < 1.29 is 22.0 Å². The van der Waals surface area contributed by atoms with Gasteiger partial charge in [0.05, 0.1) is 16.9 Å². The largest absolute Gasteiger partial charge is 0.316 e. The smallest absolute Gasteiger partial charge is 0.238 e. The third-order valence-electron chi connectivity index (χ3n) is 5.54. The maximum atomic E-state index is 14.1. The maximum absolute atomic E-state index is 14.1. The van der Waals surface area contributed by atoms with E-state index in [0.29, 0.717) is 35.6 Å². The number of nitrogens with zero attached hydrogens (tertiary/aromatic N) is 2. The van der Waals surface area contributed by atoms with Gasteiger partial charge in [0.25, 0.3) is 0 Å². The highest BCUT2D eigenvalue weighted by atomic mass is 32.2. The topological polar surface area (TPSA) is 116 Å². The Balaban J connectivity index is 1.46. The fourth-order valence-corrected chi connectivity index (χ4v) is 5.63. The number of sulfonamides is 1. The third kappa shape index (κ3) is 5.15. The molecule has 0 saturated carbocycles. The minimum atomic E-state index is -3.81. The molecule has 11 heteroatoms. The number of nitriles is 1. The molecule has 0 aliphatic carbocycles. The number of hydrogen-bond donors (Lipinski definition) is 2. The molecule has 1 aliphatic heterocycles. The minimum Gasteiger partial charge on any atom is -0.316 e. The van der Waals surface area contributed by atoms with E-state index in [0.717, 1.165) is 16.5 Å². The van der Waals surface area contributed by atoms with E-state index in [9.17, 15) is 27.3 Å². The quantitative estimate of drug-likeness (QED) is 0.537. The lowest BCUT2D eigenvalue weighted by Gasteiger charge is -2.26. The van der Waals surface area contributed by atoms with Gasteiger partial charge >= 0.3 is 0 Å². The van der Waals surface area contributed by atoms with Crippen molar-refractivity contribution >= 4 is 32.3 Å². The second kappa shape index (κ2) is 9.60. The zero-order chi connectivity index (χ0) is 24.5. The van der Waals surface area contributed by atoms with Crippen molar-refractivity contribution in [3.63, 3.8) is 0 Å². The summed E-state index contributed by atoms with van der Waals surface area (Å²) in [7, 11) is -3.81. The summed E-state index contributed by atoms with van der Waals surface area (Å²) in [4.78, 5) is 15.4. The second-order valence-electron chi connectivity index (χ2n) is 7.91. The summed E-state index contributed by atoms with van der Waals surface area (Å²) in [6, 6.07) is 11.9. The number of hydrogen-bond acceptors (Lipinski definition) is 6. The normalized spacial score (nSPS) is 13.8. The van der Waals surface area contributed by atoms with Gasteiger partial charge in [0.1, 0.15) is 11.1 Å². The second-order valence-corrected chi connectivity index (χ2v) is 10.6. The molecule has 2 aromatic carbocycles. The number of carbonyl (C=O) groups excluding carboxylic acids is 1. The van der Waals surface area contributed by atoms with Crippen LogP contribution in [0.2, 0.25) is 0 Å². The van der Waals surface area contributed by atoms with Crippen LogP contribution in [0.3, 0.4) is 0 Å². The molecular weight excluding hydrogens is 482 g/mol. The minimum absolute atomic E-state index is 0.0106. The Kier molecular flexibility index (Phi) is 6.77. The number of nitrogens with one attached hydrogen (secondary N) is 1. The van der Waals surface area contributed by atoms with E-state index < -0.39 is 21.7 Å². The highest BCUT2D eigenvalue weighted by molar-refractivity contribution is 7.89. The highest BCUT2D eigenvalue weighted by Crippen LogP contribution is 2.37. The lowest BCUT2D eigenvalue weighted by Crippen LogP contribution is -2.29. The number of thiophene rings is 1. The van der Waals surface area contributed by atoms with Gasteiger partial charge in [-0.25, -0.2) is 22.3 Å². The van der Waals surface area contributed by atoms with E-state index in [-0.39, 0.29) is 29.3 Å². The number of primary sulfonamides is 1. The molecule has 0 unspecified atom stereocenters. The molecule has 0 fully saturated rings. The summed E-state index contributed by atoms with van der Waals surface area (Å²) in [5, 5.41) is 18.0. The zero-order valence-electron chi connectivity index (χ0n) is 17.8. The molecule has 1 aromatic heterocycles. The fraction of sp³-hybridized carbons (Fsp3) is 0.217. The van der Waals surface area contributed by atoms with Crippen molar-refractivity contribution in [2.45, 2.75) is 30.8 Å². The number of amides is 1. The summed E-state index contributed by atoms with van der Waals surface area (Å²) in [6.45, 7) is 1.26. The summed E-state index contributed by atoms with van der Waals surface area (Å²) < 4.78 is 50.3. The molecule has 4 rings (SSSR count). The van der Waals surface area contributed by atoms with E-state index in [2.05, 4.69) is 11.4 Å². The predicted octanol–water partition coefficient (Wildman–Crippen LogP) is 3.28. The Bertz CT molecular complexity index is 1400. The van der Waals surface area contributed by atoms with Crippen LogP contribution >= 0.6 is 11.3 Å². The molecule has 0 bridgehead atoms. The Hall–Kier alpha value is -3.17. The van der Waals surface area contributed by atoms with Crippen molar-refractivity contribution in [2.75, 3.05) is 11.9 Å².